The van der Waals surface area contributed by atoms with Crippen LogP contribution in [0.25, 0.3) is 0 Å². The van der Waals surface area contributed by atoms with Crippen LogP contribution in [0, 0.1) is 11.3 Å². The molecule has 1 atom stereocenters. The zero-order valence-corrected chi connectivity index (χ0v) is 18.2. The average molecular weight is 429 g/mol. The Hall–Kier alpha value is -2.73. The maximum absolute atomic E-state index is 12.6. The highest BCUT2D eigenvalue weighted by atomic mass is 32.2. The first-order valence-electron chi connectivity index (χ1n) is 9.96. The van der Waals surface area contributed by atoms with E-state index >= 15 is 0 Å². The van der Waals surface area contributed by atoms with Gasteiger partial charge in [0.15, 0.2) is 0 Å². The molecular formula is C22H28N4O3S. The number of likely N-dealkylation sites (N-methyl/N-ethyl adjacent to an activating group) is 1. The Morgan fingerprint density at radius 1 is 1.07 bits per heavy atom. The lowest BCUT2D eigenvalue weighted by Crippen LogP contribution is -2.38. The van der Waals surface area contributed by atoms with Gasteiger partial charge in [0.2, 0.25) is 10.0 Å². The first kappa shape index (κ1) is 23.5. The Balaban J connectivity index is 2.07. The van der Waals surface area contributed by atoms with E-state index in [2.05, 4.69) is 28.8 Å². The molecule has 7 nitrogen and oxygen atoms in total. The van der Waals surface area contributed by atoms with Crippen LogP contribution in [0.1, 0.15) is 42.2 Å². The molecule has 2 rings (SSSR count). The molecule has 0 fully saturated rings. The summed E-state index contributed by atoms with van der Waals surface area (Å²) >= 11 is 0. The zero-order valence-electron chi connectivity index (χ0n) is 17.3. The molecule has 0 heterocycles. The Kier molecular flexibility index (Phi) is 8.99. The van der Waals surface area contributed by atoms with E-state index < -0.39 is 10.0 Å². The van der Waals surface area contributed by atoms with Crippen LogP contribution in [0.2, 0.25) is 0 Å². The fourth-order valence-corrected chi connectivity index (χ4v) is 4.23. The first-order chi connectivity index (χ1) is 14.4. The van der Waals surface area contributed by atoms with E-state index in [1.54, 1.807) is 0 Å². The van der Waals surface area contributed by atoms with Crippen molar-refractivity contribution < 1.29 is 13.2 Å². The van der Waals surface area contributed by atoms with Gasteiger partial charge in [-0.05, 0) is 42.9 Å². The Morgan fingerprint density at radius 3 is 2.27 bits per heavy atom. The van der Waals surface area contributed by atoms with Crippen molar-refractivity contribution in [2.75, 3.05) is 26.2 Å². The van der Waals surface area contributed by atoms with Crippen molar-refractivity contribution in [1.29, 1.82) is 5.26 Å². The van der Waals surface area contributed by atoms with Crippen LogP contribution in [0.3, 0.4) is 0 Å². The third-order valence-corrected chi connectivity index (χ3v) is 6.33. The number of nitrogens with zero attached hydrogens (tertiary/aromatic N) is 2. The SMILES string of the molecule is CCN(CC)[C@H](CNC(=O)c1ccc(S(=O)(=O)NCCC#N)cc1)c1ccccc1. The molecule has 8 heteroatoms. The van der Waals surface area contributed by atoms with Crippen LogP contribution >= 0.6 is 0 Å². The lowest BCUT2D eigenvalue weighted by atomic mass is 10.0. The van der Waals surface area contributed by atoms with Gasteiger partial charge in [-0.25, -0.2) is 13.1 Å². The predicted molar refractivity (Wildman–Crippen MR) is 116 cm³/mol. The number of amides is 1. The summed E-state index contributed by atoms with van der Waals surface area (Å²) in [7, 11) is -3.69. The highest BCUT2D eigenvalue weighted by Crippen LogP contribution is 2.20. The number of carbonyl (C=O) groups excluding carboxylic acids is 1. The number of benzene rings is 2. The highest BCUT2D eigenvalue weighted by Gasteiger charge is 2.19. The van der Waals surface area contributed by atoms with Gasteiger partial charge in [-0.1, -0.05) is 44.2 Å². The third-order valence-electron chi connectivity index (χ3n) is 4.85. The maximum Gasteiger partial charge on any atom is 0.251 e. The van der Waals surface area contributed by atoms with Crippen molar-refractivity contribution in [2.24, 2.45) is 0 Å². The molecule has 2 N–H and O–H groups in total. The summed E-state index contributed by atoms with van der Waals surface area (Å²) in [6.07, 6.45) is 0.0921. The van der Waals surface area contributed by atoms with Crippen molar-refractivity contribution in [3.8, 4) is 6.07 Å². The van der Waals surface area contributed by atoms with E-state index in [0.717, 1.165) is 18.7 Å². The maximum atomic E-state index is 12.6. The smallest absolute Gasteiger partial charge is 0.251 e. The molecule has 0 saturated carbocycles. The molecule has 2 aromatic rings. The van der Waals surface area contributed by atoms with Gasteiger partial charge in [-0.2, -0.15) is 5.26 Å². The molecule has 0 aromatic heterocycles. The van der Waals surface area contributed by atoms with Crippen molar-refractivity contribution >= 4 is 15.9 Å². The second kappa shape index (κ2) is 11.5. The molecule has 160 valence electrons. The molecule has 0 spiro atoms. The normalized spacial score (nSPS) is 12.3. The summed E-state index contributed by atoms with van der Waals surface area (Å²) in [4.78, 5) is 15.0. The average Bonchev–Trinajstić information content (AvgIpc) is 2.77. The van der Waals surface area contributed by atoms with Gasteiger partial charge in [-0.3, -0.25) is 9.69 Å². The van der Waals surface area contributed by atoms with Gasteiger partial charge in [0.25, 0.3) is 5.91 Å². The summed E-state index contributed by atoms with van der Waals surface area (Å²) in [6, 6.07) is 17.7. The molecule has 0 aliphatic rings. The standard InChI is InChI=1S/C22H28N4O3S/c1-3-26(4-2)21(18-9-6-5-7-10-18)17-24-22(27)19-11-13-20(14-12-19)30(28,29)25-16-8-15-23/h5-7,9-14,21,25H,3-4,8,16-17H2,1-2H3,(H,24,27)/t21-/m1/s1. The quantitative estimate of drug-likeness (QED) is 0.536. The molecule has 0 bridgehead atoms. The van der Waals surface area contributed by atoms with E-state index in [1.807, 2.05) is 36.4 Å². The van der Waals surface area contributed by atoms with Crippen LogP contribution in [-0.2, 0) is 10.0 Å². The fraction of sp³-hybridized carbons (Fsp3) is 0.364. The summed E-state index contributed by atoms with van der Waals surface area (Å²) in [6.45, 7) is 6.39. The predicted octanol–water partition coefficient (Wildman–Crippen LogP) is 2.69. The molecule has 0 aliphatic carbocycles. The Labute approximate surface area is 178 Å². The van der Waals surface area contributed by atoms with E-state index in [4.69, 9.17) is 5.26 Å². The van der Waals surface area contributed by atoms with Gasteiger partial charge >= 0.3 is 0 Å². The second-order valence-electron chi connectivity index (χ2n) is 6.69. The van der Waals surface area contributed by atoms with E-state index in [-0.39, 0.29) is 29.8 Å². The number of carbonyl (C=O) groups is 1. The largest absolute Gasteiger partial charge is 0.350 e. The van der Waals surface area contributed by atoms with Crippen molar-refractivity contribution in [3.63, 3.8) is 0 Å². The van der Waals surface area contributed by atoms with Crippen LogP contribution in [-0.4, -0.2) is 45.4 Å². The van der Waals surface area contributed by atoms with Crippen LogP contribution in [0.5, 0.6) is 0 Å². The molecule has 1 amide bonds. The molecule has 0 aliphatic heterocycles. The van der Waals surface area contributed by atoms with Gasteiger partial charge in [0.05, 0.1) is 17.0 Å². The summed E-state index contributed by atoms with van der Waals surface area (Å²) in [5, 5.41) is 11.5. The minimum Gasteiger partial charge on any atom is -0.350 e. The van der Waals surface area contributed by atoms with Gasteiger partial charge in [-0.15, -0.1) is 0 Å². The number of sulfonamides is 1. The Bertz CT molecular complexity index is 950. The number of nitriles is 1. The molecule has 30 heavy (non-hydrogen) atoms. The fourth-order valence-electron chi connectivity index (χ4n) is 3.20. The van der Waals surface area contributed by atoms with E-state index in [1.165, 1.54) is 24.3 Å². The van der Waals surface area contributed by atoms with E-state index in [9.17, 15) is 13.2 Å². The molecule has 0 saturated heterocycles. The number of rotatable bonds is 11. The minimum absolute atomic E-state index is 0.0489. The van der Waals surface area contributed by atoms with Crippen LogP contribution in [0.4, 0.5) is 0 Å². The molecule has 0 unspecified atom stereocenters. The summed E-state index contributed by atoms with van der Waals surface area (Å²) in [5.41, 5.74) is 1.52. The number of nitrogens with one attached hydrogen (secondary N) is 2. The topological polar surface area (TPSA) is 102 Å². The van der Waals surface area contributed by atoms with Gasteiger partial charge < -0.3 is 5.32 Å². The van der Waals surface area contributed by atoms with Crippen LogP contribution < -0.4 is 10.0 Å². The van der Waals surface area contributed by atoms with Crippen LogP contribution in [0.15, 0.2) is 59.5 Å². The third kappa shape index (κ3) is 6.39. The molecule has 0 radical (unpaired) electrons. The first-order valence-corrected chi connectivity index (χ1v) is 11.4. The van der Waals surface area contributed by atoms with Crippen molar-refractivity contribution in [3.05, 3.63) is 65.7 Å². The Morgan fingerprint density at radius 2 is 1.70 bits per heavy atom. The van der Waals surface area contributed by atoms with Gasteiger partial charge in [0, 0.05) is 25.1 Å². The minimum atomic E-state index is -3.69. The van der Waals surface area contributed by atoms with Gasteiger partial charge in [0.1, 0.15) is 0 Å². The molecular weight excluding hydrogens is 400 g/mol. The lowest BCUT2D eigenvalue weighted by Gasteiger charge is -2.30. The zero-order chi connectivity index (χ0) is 22.0. The van der Waals surface area contributed by atoms with Crippen molar-refractivity contribution in [1.82, 2.24) is 14.9 Å². The number of hydrogen-bond acceptors (Lipinski definition) is 5. The van der Waals surface area contributed by atoms with Crippen molar-refractivity contribution in [2.45, 2.75) is 31.2 Å². The molecule has 2 aromatic carbocycles. The number of hydrogen-bond donors (Lipinski definition) is 2. The lowest BCUT2D eigenvalue weighted by molar-refractivity contribution is 0.0935. The monoisotopic (exact) mass is 428 g/mol. The summed E-state index contributed by atoms with van der Waals surface area (Å²) in [5.74, 6) is -0.260. The second-order valence-corrected chi connectivity index (χ2v) is 8.45. The summed E-state index contributed by atoms with van der Waals surface area (Å²) < 4.78 is 26.7. The van der Waals surface area contributed by atoms with E-state index in [0.29, 0.717) is 12.1 Å². The highest BCUT2D eigenvalue weighted by molar-refractivity contribution is 7.89.